The summed E-state index contributed by atoms with van der Waals surface area (Å²) in [6.45, 7) is 3.79. The molecule has 0 bridgehead atoms. The van der Waals surface area contributed by atoms with Gasteiger partial charge in [-0.1, -0.05) is 12.1 Å². The maximum absolute atomic E-state index is 5.97. The van der Waals surface area contributed by atoms with E-state index in [0.29, 0.717) is 43.0 Å². The SMILES string of the molecule is CCc1cc(-c2nc(CCOCCOC)no2)c(N)s1. The molecule has 0 aliphatic rings. The van der Waals surface area contributed by atoms with Crippen LogP contribution in [0.25, 0.3) is 11.5 Å². The molecule has 2 aromatic heterocycles. The van der Waals surface area contributed by atoms with Crippen molar-refractivity contribution in [3.8, 4) is 11.5 Å². The number of aryl methyl sites for hydroxylation is 1. The molecular formula is C13H19N3O3S. The van der Waals surface area contributed by atoms with Crippen molar-refractivity contribution >= 4 is 16.3 Å². The van der Waals surface area contributed by atoms with Gasteiger partial charge in [-0.3, -0.25) is 0 Å². The van der Waals surface area contributed by atoms with Crippen LogP contribution in [0.4, 0.5) is 5.00 Å². The summed E-state index contributed by atoms with van der Waals surface area (Å²) in [5.41, 5.74) is 6.79. The Morgan fingerprint density at radius 3 is 2.90 bits per heavy atom. The van der Waals surface area contributed by atoms with Crippen LogP contribution in [0.5, 0.6) is 0 Å². The third-order valence-electron chi connectivity index (χ3n) is 2.76. The maximum atomic E-state index is 5.97. The second kappa shape index (κ2) is 7.37. The van der Waals surface area contributed by atoms with E-state index in [-0.39, 0.29) is 0 Å². The molecule has 0 spiro atoms. The van der Waals surface area contributed by atoms with Crippen LogP contribution in [-0.4, -0.2) is 37.1 Å². The molecular weight excluding hydrogens is 278 g/mol. The van der Waals surface area contributed by atoms with Crippen molar-refractivity contribution in [3.63, 3.8) is 0 Å². The molecule has 7 heteroatoms. The van der Waals surface area contributed by atoms with E-state index in [1.807, 2.05) is 6.07 Å². The van der Waals surface area contributed by atoms with Crippen LogP contribution < -0.4 is 5.73 Å². The minimum Gasteiger partial charge on any atom is -0.390 e. The van der Waals surface area contributed by atoms with Gasteiger partial charge in [0.05, 0.1) is 30.4 Å². The summed E-state index contributed by atoms with van der Waals surface area (Å²) in [4.78, 5) is 5.55. The summed E-state index contributed by atoms with van der Waals surface area (Å²) in [5, 5.41) is 4.65. The lowest BCUT2D eigenvalue weighted by Gasteiger charge is -1.99. The Morgan fingerprint density at radius 1 is 1.35 bits per heavy atom. The number of hydrogen-bond donors (Lipinski definition) is 1. The predicted octanol–water partition coefficient (Wildman–Crippen LogP) is 2.15. The standard InChI is InChI=1S/C13H19N3O3S/c1-3-9-8-10(12(14)20-9)13-15-11(16-19-13)4-5-18-7-6-17-2/h8H,3-7,14H2,1-2H3. The third kappa shape index (κ3) is 3.78. The Balaban J connectivity index is 1.92. The van der Waals surface area contributed by atoms with Gasteiger partial charge in [-0.2, -0.15) is 4.98 Å². The van der Waals surface area contributed by atoms with E-state index >= 15 is 0 Å². The molecule has 0 saturated carbocycles. The van der Waals surface area contributed by atoms with Gasteiger partial charge in [0.1, 0.15) is 0 Å². The molecule has 0 aliphatic heterocycles. The molecule has 0 aromatic carbocycles. The zero-order valence-corrected chi connectivity index (χ0v) is 12.5. The Kier molecular flexibility index (Phi) is 5.51. The first-order valence-electron chi connectivity index (χ1n) is 6.52. The molecule has 2 heterocycles. The Labute approximate surface area is 121 Å². The first kappa shape index (κ1) is 15.0. The number of ether oxygens (including phenoxy) is 2. The number of nitrogen functional groups attached to an aromatic ring is 1. The monoisotopic (exact) mass is 297 g/mol. The van der Waals surface area contributed by atoms with Crippen molar-refractivity contribution in [2.45, 2.75) is 19.8 Å². The second-order valence-corrected chi connectivity index (χ2v) is 5.38. The van der Waals surface area contributed by atoms with Crippen molar-refractivity contribution in [2.75, 3.05) is 32.7 Å². The Bertz CT molecular complexity index is 539. The van der Waals surface area contributed by atoms with E-state index in [0.717, 1.165) is 12.0 Å². The lowest BCUT2D eigenvalue weighted by molar-refractivity contribution is 0.0714. The van der Waals surface area contributed by atoms with Crippen LogP contribution in [0.1, 0.15) is 17.6 Å². The fourth-order valence-corrected chi connectivity index (χ4v) is 2.53. The van der Waals surface area contributed by atoms with Crippen molar-refractivity contribution in [1.29, 1.82) is 0 Å². The van der Waals surface area contributed by atoms with Crippen LogP contribution >= 0.6 is 11.3 Å². The Hall–Kier alpha value is -1.44. The summed E-state index contributed by atoms with van der Waals surface area (Å²) in [6.07, 6.45) is 1.56. The third-order valence-corrected chi connectivity index (χ3v) is 3.87. The number of nitrogens with two attached hydrogens (primary N) is 1. The molecule has 2 aromatic rings. The van der Waals surface area contributed by atoms with Gasteiger partial charge in [0.2, 0.25) is 0 Å². The van der Waals surface area contributed by atoms with E-state index in [2.05, 4.69) is 17.1 Å². The molecule has 0 amide bonds. The molecule has 6 nitrogen and oxygen atoms in total. The first-order chi connectivity index (χ1) is 9.74. The van der Waals surface area contributed by atoms with E-state index in [4.69, 9.17) is 19.7 Å². The average molecular weight is 297 g/mol. The zero-order valence-electron chi connectivity index (χ0n) is 11.7. The van der Waals surface area contributed by atoms with Crippen LogP contribution in [0.2, 0.25) is 0 Å². The molecule has 0 atom stereocenters. The summed E-state index contributed by atoms with van der Waals surface area (Å²) < 4.78 is 15.5. The molecule has 110 valence electrons. The quantitative estimate of drug-likeness (QED) is 0.752. The van der Waals surface area contributed by atoms with E-state index in [9.17, 15) is 0 Å². The van der Waals surface area contributed by atoms with Crippen LogP contribution in [0.15, 0.2) is 10.6 Å². The maximum Gasteiger partial charge on any atom is 0.260 e. The number of methoxy groups -OCH3 is 1. The smallest absolute Gasteiger partial charge is 0.260 e. The van der Waals surface area contributed by atoms with Crippen LogP contribution in [-0.2, 0) is 22.3 Å². The fraction of sp³-hybridized carbons (Fsp3) is 0.538. The number of hydrogen-bond acceptors (Lipinski definition) is 7. The largest absolute Gasteiger partial charge is 0.390 e. The molecule has 0 unspecified atom stereocenters. The average Bonchev–Trinajstić information content (AvgIpc) is 3.05. The highest BCUT2D eigenvalue weighted by Crippen LogP contribution is 2.33. The minimum absolute atomic E-state index is 0.477. The molecule has 0 saturated heterocycles. The van der Waals surface area contributed by atoms with Crippen molar-refractivity contribution in [2.24, 2.45) is 0 Å². The van der Waals surface area contributed by atoms with Gasteiger partial charge >= 0.3 is 0 Å². The van der Waals surface area contributed by atoms with Crippen LogP contribution in [0.3, 0.4) is 0 Å². The van der Waals surface area contributed by atoms with Gasteiger partial charge in [0.25, 0.3) is 5.89 Å². The number of aromatic nitrogens is 2. The van der Waals surface area contributed by atoms with Crippen molar-refractivity contribution < 1.29 is 14.0 Å². The molecule has 0 aliphatic carbocycles. The van der Waals surface area contributed by atoms with Crippen LogP contribution in [0, 0.1) is 0 Å². The van der Waals surface area contributed by atoms with Gasteiger partial charge in [0, 0.05) is 18.4 Å². The summed E-state index contributed by atoms with van der Waals surface area (Å²) in [5.74, 6) is 1.10. The predicted molar refractivity (Wildman–Crippen MR) is 77.8 cm³/mol. The molecule has 2 N–H and O–H groups in total. The van der Waals surface area contributed by atoms with Gasteiger partial charge in [-0.15, -0.1) is 11.3 Å². The number of nitrogens with zero attached hydrogens (tertiary/aromatic N) is 2. The van der Waals surface area contributed by atoms with Gasteiger partial charge in [-0.05, 0) is 12.5 Å². The number of rotatable bonds is 8. The summed E-state index contributed by atoms with van der Waals surface area (Å²) in [6, 6.07) is 2.01. The van der Waals surface area contributed by atoms with Gasteiger partial charge in [-0.25, -0.2) is 0 Å². The molecule has 20 heavy (non-hydrogen) atoms. The van der Waals surface area contributed by atoms with E-state index in [1.165, 1.54) is 4.88 Å². The normalized spacial score (nSPS) is 11.1. The molecule has 0 radical (unpaired) electrons. The highest BCUT2D eigenvalue weighted by Gasteiger charge is 2.14. The fourth-order valence-electron chi connectivity index (χ4n) is 1.67. The first-order valence-corrected chi connectivity index (χ1v) is 7.34. The zero-order chi connectivity index (χ0) is 14.4. The van der Waals surface area contributed by atoms with E-state index < -0.39 is 0 Å². The lowest BCUT2D eigenvalue weighted by Crippen LogP contribution is -2.05. The second-order valence-electron chi connectivity index (χ2n) is 4.22. The van der Waals surface area contributed by atoms with Crippen molar-refractivity contribution in [1.82, 2.24) is 10.1 Å². The highest BCUT2D eigenvalue weighted by molar-refractivity contribution is 7.16. The number of thiophene rings is 1. The summed E-state index contributed by atoms with van der Waals surface area (Å²) >= 11 is 1.56. The van der Waals surface area contributed by atoms with E-state index in [1.54, 1.807) is 18.4 Å². The highest BCUT2D eigenvalue weighted by atomic mass is 32.1. The molecule has 2 rings (SSSR count). The van der Waals surface area contributed by atoms with Crippen molar-refractivity contribution in [3.05, 3.63) is 16.8 Å². The molecule has 0 fully saturated rings. The lowest BCUT2D eigenvalue weighted by atomic mass is 10.2. The number of anilines is 1. The minimum atomic E-state index is 0.477. The van der Waals surface area contributed by atoms with Gasteiger partial charge < -0.3 is 19.7 Å². The Morgan fingerprint density at radius 2 is 2.20 bits per heavy atom. The van der Waals surface area contributed by atoms with Gasteiger partial charge in [0.15, 0.2) is 5.82 Å². The summed E-state index contributed by atoms with van der Waals surface area (Å²) in [7, 11) is 1.64. The topological polar surface area (TPSA) is 83.4 Å².